The third-order valence-electron chi connectivity index (χ3n) is 4.33. The molecule has 2 aromatic carbocycles. The number of carbonyl (C=O) groups is 1. The fourth-order valence-electron chi connectivity index (χ4n) is 2.94. The molecule has 0 aliphatic carbocycles. The van der Waals surface area contributed by atoms with E-state index in [2.05, 4.69) is 15.5 Å². The first-order valence-electron chi connectivity index (χ1n) is 8.84. The predicted octanol–water partition coefficient (Wildman–Crippen LogP) is 4.43. The van der Waals surface area contributed by atoms with Gasteiger partial charge < -0.3 is 9.63 Å². The van der Waals surface area contributed by atoms with Crippen molar-refractivity contribution in [3.63, 3.8) is 0 Å². The Morgan fingerprint density at radius 3 is 2.34 bits per heavy atom. The van der Waals surface area contributed by atoms with Crippen LogP contribution in [0.25, 0.3) is 22.4 Å². The summed E-state index contributed by atoms with van der Waals surface area (Å²) in [6, 6.07) is 15.8. The lowest BCUT2D eigenvalue weighted by molar-refractivity contribution is -0.115. The van der Waals surface area contributed by atoms with Gasteiger partial charge in [-0.3, -0.25) is 15.1 Å². The average molecular weight is 389 g/mol. The Hall–Kier alpha value is -4.00. The van der Waals surface area contributed by atoms with Crippen LogP contribution in [-0.2, 0) is 11.2 Å². The molecule has 0 spiro atoms. The van der Waals surface area contributed by atoms with Gasteiger partial charge in [-0.2, -0.15) is 0 Å². The van der Waals surface area contributed by atoms with Crippen LogP contribution in [0.3, 0.4) is 0 Å². The summed E-state index contributed by atoms with van der Waals surface area (Å²) in [7, 11) is 0. The van der Waals surface area contributed by atoms with Crippen LogP contribution in [0.1, 0.15) is 5.56 Å². The quantitative estimate of drug-likeness (QED) is 0.527. The van der Waals surface area contributed by atoms with Crippen LogP contribution in [0.5, 0.6) is 5.75 Å². The second kappa shape index (κ2) is 7.93. The molecule has 2 N–H and O–H groups in total. The molecule has 2 heterocycles. The molecule has 0 aliphatic rings. The fourth-order valence-corrected chi connectivity index (χ4v) is 2.94. The van der Waals surface area contributed by atoms with Gasteiger partial charge in [0.25, 0.3) is 0 Å². The second-order valence-electron chi connectivity index (χ2n) is 6.37. The Kier molecular flexibility index (Phi) is 5.03. The van der Waals surface area contributed by atoms with E-state index in [0.29, 0.717) is 16.8 Å². The van der Waals surface area contributed by atoms with Crippen molar-refractivity contribution in [2.45, 2.75) is 6.42 Å². The lowest BCUT2D eigenvalue weighted by atomic mass is 10.0. The summed E-state index contributed by atoms with van der Waals surface area (Å²) in [4.78, 5) is 16.5. The van der Waals surface area contributed by atoms with E-state index >= 15 is 0 Å². The second-order valence-corrected chi connectivity index (χ2v) is 6.37. The van der Waals surface area contributed by atoms with Crippen LogP contribution < -0.4 is 5.32 Å². The van der Waals surface area contributed by atoms with E-state index in [0.717, 1.165) is 11.1 Å². The fraction of sp³-hybridized carbons (Fsp3) is 0.0455. The number of phenolic OH excluding ortho intramolecular Hbond substituents is 1. The number of aromatic hydroxyl groups is 1. The number of anilines is 1. The van der Waals surface area contributed by atoms with Gasteiger partial charge in [-0.1, -0.05) is 17.3 Å². The summed E-state index contributed by atoms with van der Waals surface area (Å²) in [5.74, 6) is -0.328. The summed E-state index contributed by atoms with van der Waals surface area (Å²) < 4.78 is 18.7. The van der Waals surface area contributed by atoms with Crippen molar-refractivity contribution in [2.24, 2.45) is 0 Å². The molecule has 1 amide bonds. The SMILES string of the molecule is O=C(Cc1ccc(O)cc1)Nc1onc(-c2ccc(F)cc2)c1-c1ccncc1. The summed E-state index contributed by atoms with van der Waals surface area (Å²) in [5, 5.41) is 16.2. The van der Waals surface area contributed by atoms with Crippen molar-refractivity contribution >= 4 is 11.8 Å². The summed E-state index contributed by atoms with van der Waals surface area (Å²) in [6.45, 7) is 0. The molecule has 4 rings (SSSR count). The van der Waals surface area contributed by atoms with Crippen molar-refractivity contribution < 1.29 is 18.8 Å². The zero-order chi connectivity index (χ0) is 20.2. The van der Waals surface area contributed by atoms with Crippen LogP contribution in [0.4, 0.5) is 10.3 Å². The molecule has 6 nitrogen and oxygen atoms in total. The zero-order valence-electron chi connectivity index (χ0n) is 15.2. The molecule has 144 valence electrons. The molecule has 7 heteroatoms. The van der Waals surface area contributed by atoms with Crippen LogP contribution in [0.2, 0.25) is 0 Å². The minimum atomic E-state index is -0.356. The first kappa shape index (κ1) is 18.4. The van der Waals surface area contributed by atoms with Gasteiger partial charge in [-0.15, -0.1) is 0 Å². The molecule has 0 saturated heterocycles. The zero-order valence-corrected chi connectivity index (χ0v) is 15.2. The number of pyridine rings is 1. The van der Waals surface area contributed by atoms with E-state index in [9.17, 15) is 14.3 Å². The van der Waals surface area contributed by atoms with Gasteiger partial charge in [0.15, 0.2) is 0 Å². The largest absolute Gasteiger partial charge is 0.508 e. The van der Waals surface area contributed by atoms with E-state index in [1.54, 1.807) is 48.8 Å². The Morgan fingerprint density at radius 1 is 0.966 bits per heavy atom. The van der Waals surface area contributed by atoms with Crippen LogP contribution in [0.15, 0.2) is 77.6 Å². The number of halogens is 1. The highest BCUT2D eigenvalue weighted by atomic mass is 19.1. The minimum absolute atomic E-state index is 0.0998. The molecule has 0 radical (unpaired) electrons. The first-order valence-corrected chi connectivity index (χ1v) is 8.84. The maximum atomic E-state index is 13.3. The predicted molar refractivity (Wildman–Crippen MR) is 106 cm³/mol. The van der Waals surface area contributed by atoms with Gasteiger partial charge in [0.2, 0.25) is 11.8 Å². The third-order valence-corrected chi connectivity index (χ3v) is 4.33. The van der Waals surface area contributed by atoms with Gasteiger partial charge in [0.05, 0.1) is 12.0 Å². The molecular formula is C22H16FN3O3. The van der Waals surface area contributed by atoms with Crippen molar-refractivity contribution in [1.29, 1.82) is 0 Å². The summed E-state index contributed by atoms with van der Waals surface area (Å²) >= 11 is 0. The van der Waals surface area contributed by atoms with Gasteiger partial charge in [0, 0.05) is 18.0 Å². The maximum Gasteiger partial charge on any atom is 0.239 e. The Labute approximate surface area is 165 Å². The Bertz CT molecular complexity index is 1120. The summed E-state index contributed by atoms with van der Waals surface area (Å²) in [6.07, 6.45) is 3.35. The normalized spacial score (nSPS) is 10.7. The van der Waals surface area contributed by atoms with Gasteiger partial charge >= 0.3 is 0 Å². The molecule has 29 heavy (non-hydrogen) atoms. The highest BCUT2D eigenvalue weighted by Crippen LogP contribution is 2.37. The van der Waals surface area contributed by atoms with Crippen molar-refractivity contribution in [3.8, 4) is 28.1 Å². The number of phenols is 1. The number of aromatic nitrogens is 2. The number of nitrogens with zero attached hydrogens (tertiary/aromatic N) is 2. The number of hydrogen-bond donors (Lipinski definition) is 2. The van der Waals surface area contributed by atoms with Gasteiger partial charge in [-0.05, 0) is 59.7 Å². The molecule has 2 aromatic heterocycles. The third kappa shape index (κ3) is 4.14. The number of carbonyl (C=O) groups excluding carboxylic acids is 1. The molecular weight excluding hydrogens is 373 g/mol. The van der Waals surface area contributed by atoms with E-state index in [1.807, 2.05) is 0 Å². The average Bonchev–Trinajstić information content (AvgIpc) is 3.14. The number of amides is 1. The smallest absolute Gasteiger partial charge is 0.239 e. The summed E-state index contributed by atoms with van der Waals surface area (Å²) in [5.41, 5.74) is 3.21. The Morgan fingerprint density at radius 2 is 1.66 bits per heavy atom. The number of hydrogen-bond acceptors (Lipinski definition) is 5. The molecule has 0 aliphatic heterocycles. The van der Waals surface area contributed by atoms with Gasteiger partial charge in [-0.25, -0.2) is 4.39 Å². The molecule has 0 bridgehead atoms. The standard InChI is InChI=1S/C22H16FN3O3/c23-17-5-3-16(4-6-17)21-20(15-9-11-24-12-10-15)22(29-26-21)25-19(28)13-14-1-7-18(27)8-2-14/h1-12,27H,13H2,(H,25,28). The Balaban J connectivity index is 1.67. The topological polar surface area (TPSA) is 88.2 Å². The van der Waals surface area contributed by atoms with Crippen molar-refractivity contribution in [1.82, 2.24) is 10.1 Å². The molecule has 0 saturated carbocycles. The van der Waals surface area contributed by atoms with E-state index in [-0.39, 0.29) is 29.8 Å². The van der Waals surface area contributed by atoms with Crippen molar-refractivity contribution in [3.05, 3.63) is 84.4 Å². The van der Waals surface area contributed by atoms with Crippen LogP contribution in [0, 0.1) is 5.82 Å². The highest BCUT2D eigenvalue weighted by molar-refractivity contribution is 5.97. The highest BCUT2D eigenvalue weighted by Gasteiger charge is 2.21. The van der Waals surface area contributed by atoms with E-state index < -0.39 is 0 Å². The minimum Gasteiger partial charge on any atom is -0.508 e. The first-order chi connectivity index (χ1) is 14.1. The number of benzene rings is 2. The van der Waals surface area contributed by atoms with Crippen molar-refractivity contribution in [2.75, 3.05) is 5.32 Å². The van der Waals surface area contributed by atoms with Crippen LogP contribution in [-0.4, -0.2) is 21.2 Å². The number of rotatable bonds is 5. The van der Waals surface area contributed by atoms with E-state index in [1.165, 1.54) is 24.3 Å². The lowest BCUT2D eigenvalue weighted by Gasteiger charge is -2.06. The molecule has 4 aromatic rings. The van der Waals surface area contributed by atoms with Crippen LogP contribution >= 0.6 is 0 Å². The lowest BCUT2D eigenvalue weighted by Crippen LogP contribution is -2.14. The monoisotopic (exact) mass is 389 g/mol. The molecule has 0 fully saturated rings. The molecule has 0 unspecified atom stereocenters. The van der Waals surface area contributed by atoms with E-state index in [4.69, 9.17) is 4.52 Å². The number of nitrogens with one attached hydrogen (secondary N) is 1. The maximum absolute atomic E-state index is 13.3. The molecule has 0 atom stereocenters. The van der Waals surface area contributed by atoms with Gasteiger partial charge in [0.1, 0.15) is 17.3 Å².